The van der Waals surface area contributed by atoms with E-state index < -0.39 is 36.3 Å². The number of carbonyl (C=O) groups excluding carboxylic acids is 2. The van der Waals surface area contributed by atoms with Crippen LogP contribution in [-0.4, -0.2) is 65.3 Å². The van der Waals surface area contributed by atoms with E-state index in [1.807, 2.05) is 13.8 Å². The molecule has 3 N–H and O–H groups in total. The molecule has 0 aliphatic heterocycles. The molecule has 0 spiro atoms. The van der Waals surface area contributed by atoms with Crippen LogP contribution in [-0.2, 0) is 20.9 Å². The molecule has 0 saturated heterocycles. The van der Waals surface area contributed by atoms with Crippen molar-refractivity contribution in [3.63, 3.8) is 0 Å². The van der Waals surface area contributed by atoms with Gasteiger partial charge in [-0.1, -0.05) is 38.0 Å². The zero-order valence-electron chi connectivity index (χ0n) is 23.8. The largest absolute Gasteiger partial charge is 0.494 e. The smallest absolute Gasteiger partial charge is 0.323 e. The highest BCUT2D eigenvalue weighted by molar-refractivity contribution is 6.05. The molecular formula is C30H37N3O8. The summed E-state index contributed by atoms with van der Waals surface area (Å²) in [6.45, 7) is 3.71. The molecule has 0 aliphatic carbocycles. The highest BCUT2D eigenvalue weighted by atomic mass is 16.5. The molecule has 0 bridgehead atoms. The number of nitrogens with zero attached hydrogens (tertiary/aromatic N) is 2. The summed E-state index contributed by atoms with van der Waals surface area (Å²) in [6.07, 6.45) is 1.83. The van der Waals surface area contributed by atoms with Crippen LogP contribution in [0.3, 0.4) is 0 Å². The van der Waals surface area contributed by atoms with Crippen molar-refractivity contribution < 1.29 is 38.9 Å². The number of nitrogens with one attached hydrogen (secondary N) is 1. The first-order valence-corrected chi connectivity index (χ1v) is 13.5. The number of benzene rings is 2. The van der Waals surface area contributed by atoms with Crippen molar-refractivity contribution in [1.82, 2.24) is 9.88 Å². The zero-order valence-corrected chi connectivity index (χ0v) is 23.8. The normalized spacial score (nSPS) is 11.6. The first kappa shape index (κ1) is 31.0. The van der Waals surface area contributed by atoms with Crippen LogP contribution in [0.2, 0.25) is 0 Å². The van der Waals surface area contributed by atoms with Crippen LogP contribution >= 0.6 is 0 Å². The number of anilines is 1. The average Bonchev–Trinajstić information content (AvgIpc) is 3.30. The number of para-hydroxylation sites is 1. The highest BCUT2D eigenvalue weighted by Gasteiger charge is 2.32. The second-order valence-electron chi connectivity index (χ2n) is 9.74. The van der Waals surface area contributed by atoms with Crippen LogP contribution in [0.15, 0.2) is 42.5 Å². The number of aryl methyl sites for hydroxylation is 1. The molecule has 2 amide bonds. The molecule has 1 aromatic heterocycles. The Balaban J connectivity index is 2.06. The van der Waals surface area contributed by atoms with Crippen molar-refractivity contribution in [1.29, 1.82) is 0 Å². The van der Waals surface area contributed by atoms with Gasteiger partial charge in [0.1, 0.15) is 35.5 Å². The summed E-state index contributed by atoms with van der Waals surface area (Å²) in [7, 11) is 2.97. The maximum Gasteiger partial charge on any atom is 0.323 e. The maximum absolute atomic E-state index is 14.2. The SMILES string of the molecule is CCCCCN(C(=O)[C@@H](CCC(=O)O)NC(=O)c1cc2ccccc2n1CC(=O)O)c1c(OC)cc(C)cc1OC. The number of fused-ring (bicyclic) bond motifs is 1. The van der Waals surface area contributed by atoms with Gasteiger partial charge in [-0.05, 0) is 49.6 Å². The minimum Gasteiger partial charge on any atom is -0.494 e. The number of carbonyl (C=O) groups is 4. The van der Waals surface area contributed by atoms with Crippen LogP contribution in [0.25, 0.3) is 10.9 Å². The minimum absolute atomic E-state index is 0.0461. The van der Waals surface area contributed by atoms with Crippen LogP contribution < -0.4 is 19.7 Å². The van der Waals surface area contributed by atoms with E-state index in [1.54, 1.807) is 42.5 Å². The van der Waals surface area contributed by atoms with E-state index in [-0.39, 0.29) is 25.1 Å². The molecule has 11 heteroatoms. The summed E-state index contributed by atoms with van der Waals surface area (Å²) in [5, 5.41) is 22.3. The summed E-state index contributed by atoms with van der Waals surface area (Å²) in [6, 6.07) is 10.8. The highest BCUT2D eigenvalue weighted by Crippen LogP contribution is 2.40. The Kier molecular flexibility index (Phi) is 10.7. The Morgan fingerprint density at radius 1 is 0.976 bits per heavy atom. The third kappa shape index (κ3) is 7.56. The average molecular weight is 568 g/mol. The van der Waals surface area contributed by atoms with Crippen molar-refractivity contribution in [3.8, 4) is 11.5 Å². The fourth-order valence-corrected chi connectivity index (χ4v) is 4.79. The topological polar surface area (TPSA) is 147 Å². The van der Waals surface area contributed by atoms with E-state index >= 15 is 0 Å². The van der Waals surface area contributed by atoms with Gasteiger partial charge in [0, 0.05) is 23.9 Å². The first-order chi connectivity index (χ1) is 19.6. The number of aromatic nitrogens is 1. The summed E-state index contributed by atoms with van der Waals surface area (Å²) < 4.78 is 12.6. The van der Waals surface area contributed by atoms with E-state index in [9.17, 15) is 29.4 Å². The van der Waals surface area contributed by atoms with Gasteiger partial charge >= 0.3 is 11.9 Å². The molecule has 220 valence electrons. The molecule has 0 aliphatic rings. The predicted molar refractivity (Wildman–Crippen MR) is 154 cm³/mol. The van der Waals surface area contributed by atoms with E-state index in [0.29, 0.717) is 34.5 Å². The van der Waals surface area contributed by atoms with Crippen molar-refractivity contribution >= 4 is 40.3 Å². The number of hydrogen-bond donors (Lipinski definition) is 3. The molecule has 0 radical (unpaired) electrons. The first-order valence-electron chi connectivity index (χ1n) is 13.5. The quantitative estimate of drug-likeness (QED) is 0.231. The number of aliphatic carboxylic acids is 2. The number of rotatable bonds is 15. The molecule has 2 aromatic carbocycles. The Labute approximate surface area is 238 Å². The molecular weight excluding hydrogens is 530 g/mol. The van der Waals surface area contributed by atoms with Crippen LogP contribution in [0.1, 0.15) is 55.1 Å². The maximum atomic E-state index is 14.2. The monoisotopic (exact) mass is 567 g/mol. The number of carboxylic acids is 2. The molecule has 11 nitrogen and oxygen atoms in total. The van der Waals surface area contributed by atoms with E-state index in [0.717, 1.165) is 18.4 Å². The number of ether oxygens (including phenoxy) is 2. The molecule has 0 saturated carbocycles. The third-order valence-corrected chi connectivity index (χ3v) is 6.73. The standard InChI is InChI=1S/C30H37N3O8/c1-5-6-9-14-32(28-24(40-3)15-19(2)16-25(28)41-4)30(39)21(12-13-26(34)35)31-29(38)23-17-20-10-7-8-11-22(20)33(23)18-27(36)37/h7-8,10-11,15-17,21H,5-6,9,12-14,18H2,1-4H3,(H,31,38)(H,34,35)(H,36,37)/t21-/m1/s1. The van der Waals surface area contributed by atoms with Crippen LogP contribution in [0, 0.1) is 6.92 Å². The molecule has 1 atom stereocenters. The Hall–Kier alpha value is -4.54. The fourth-order valence-electron chi connectivity index (χ4n) is 4.79. The second-order valence-corrected chi connectivity index (χ2v) is 9.74. The van der Waals surface area contributed by atoms with Crippen LogP contribution in [0.4, 0.5) is 5.69 Å². The van der Waals surface area contributed by atoms with Gasteiger partial charge in [0.15, 0.2) is 0 Å². The lowest BCUT2D eigenvalue weighted by Crippen LogP contribution is -2.50. The van der Waals surface area contributed by atoms with Gasteiger partial charge in [0.05, 0.1) is 14.2 Å². The van der Waals surface area contributed by atoms with Gasteiger partial charge in [-0.15, -0.1) is 0 Å². The Morgan fingerprint density at radius 2 is 1.63 bits per heavy atom. The lowest BCUT2D eigenvalue weighted by molar-refractivity contribution is -0.138. The fraction of sp³-hybridized carbons (Fsp3) is 0.400. The van der Waals surface area contributed by atoms with Gasteiger partial charge in [0.2, 0.25) is 5.91 Å². The van der Waals surface area contributed by atoms with Crippen LogP contribution in [0.5, 0.6) is 11.5 Å². The third-order valence-electron chi connectivity index (χ3n) is 6.73. The summed E-state index contributed by atoms with van der Waals surface area (Å²) in [4.78, 5) is 52.4. The van der Waals surface area contributed by atoms with Gasteiger partial charge in [0.25, 0.3) is 5.91 Å². The number of methoxy groups -OCH3 is 2. The number of hydrogen-bond acceptors (Lipinski definition) is 6. The molecule has 1 heterocycles. The molecule has 3 aromatic rings. The molecule has 0 unspecified atom stereocenters. The number of unbranched alkanes of at least 4 members (excludes halogenated alkanes) is 2. The van der Waals surface area contributed by atoms with E-state index in [4.69, 9.17) is 9.47 Å². The van der Waals surface area contributed by atoms with Crippen molar-refractivity contribution in [2.75, 3.05) is 25.7 Å². The molecule has 41 heavy (non-hydrogen) atoms. The summed E-state index contributed by atoms with van der Waals surface area (Å²) in [5.74, 6) is -2.69. The van der Waals surface area contributed by atoms with Gasteiger partial charge in [-0.25, -0.2) is 0 Å². The van der Waals surface area contributed by atoms with Gasteiger partial charge < -0.3 is 34.5 Å². The lowest BCUT2D eigenvalue weighted by atomic mass is 10.1. The Morgan fingerprint density at radius 3 is 2.22 bits per heavy atom. The van der Waals surface area contributed by atoms with Crippen molar-refractivity contribution in [2.45, 2.75) is 58.5 Å². The van der Waals surface area contributed by atoms with E-state index in [2.05, 4.69) is 5.32 Å². The minimum atomic E-state index is -1.23. The number of amides is 2. The second kappa shape index (κ2) is 14.2. The zero-order chi connectivity index (χ0) is 30.1. The van der Waals surface area contributed by atoms with E-state index in [1.165, 1.54) is 23.7 Å². The Bertz CT molecular complexity index is 1390. The van der Waals surface area contributed by atoms with Crippen molar-refractivity contribution in [2.24, 2.45) is 0 Å². The van der Waals surface area contributed by atoms with Crippen molar-refractivity contribution in [3.05, 3.63) is 53.7 Å². The van der Waals surface area contributed by atoms with Gasteiger partial charge in [-0.3, -0.25) is 19.2 Å². The summed E-state index contributed by atoms with van der Waals surface area (Å²) in [5.41, 5.74) is 1.83. The molecule has 3 rings (SSSR count). The summed E-state index contributed by atoms with van der Waals surface area (Å²) >= 11 is 0. The molecule has 0 fully saturated rings. The number of carboxylic acid groups (broad SMARTS) is 2. The predicted octanol–water partition coefficient (Wildman–Crippen LogP) is 4.24. The lowest BCUT2D eigenvalue weighted by Gasteiger charge is -2.30. The van der Waals surface area contributed by atoms with Gasteiger partial charge in [-0.2, -0.15) is 0 Å².